The van der Waals surface area contributed by atoms with Crippen LogP contribution in [0.25, 0.3) is 0 Å². The molecule has 1 aromatic carbocycles. The van der Waals surface area contributed by atoms with Crippen LogP contribution in [-0.4, -0.2) is 21.8 Å². The van der Waals surface area contributed by atoms with Crippen molar-refractivity contribution in [3.8, 4) is 0 Å². The molecule has 0 aliphatic rings. The van der Waals surface area contributed by atoms with Crippen molar-refractivity contribution >= 4 is 17.5 Å². The number of nitrogens with zero attached hydrogens (tertiary/aromatic N) is 1. The van der Waals surface area contributed by atoms with Gasteiger partial charge in [-0.3, -0.25) is 14.4 Å². The second-order valence-corrected chi connectivity index (χ2v) is 5.40. The number of aromatic nitrogens is 2. The molecule has 0 aliphatic carbocycles. The largest absolute Gasteiger partial charge is 0.345 e. The third-order valence-corrected chi connectivity index (χ3v) is 3.22. The maximum atomic E-state index is 12.2. The van der Waals surface area contributed by atoms with Crippen LogP contribution in [0, 0.1) is 6.92 Å². The molecule has 0 fully saturated rings. The van der Waals surface area contributed by atoms with Crippen LogP contribution in [0.15, 0.2) is 35.1 Å². The Morgan fingerprint density at radius 1 is 1.25 bits per heavy atom. The summed E-state index contributed by atoms with van der Waals surface area (Å²) in [5, 5.41) is 5.44. The molecule has 1 heterocycles. The Balaban J connectivity index is 2.01. The van der Waals surface area contributed by atoms with E-state index in [1.165, 1.54) is 6.07 Å². The van der Waals surface area contributed by atoms with Gasteiger partial charge in [0.1, 0.15) is 5.82 Å². The number of amides is 2. The molecule has 0 radical (unpaired) electrons. The number of rotatable bonds is 6. The molecule has 0 spiro atoms. The average molecular weight is 328 g/mol. The van der Waals surface area contributed by atoms with Gasteiger partial charge < -0.3 is 15.6 Å². The Morgan fingerprint density at radius 2 is 2.04 bits per heavy atom. The van der Waals surface area contributed by atoms with E-state index in [-0.39, 0.29) is 23.9 Å². The third kappa shape index (κ3) is 5.05. The fourth-order valence-corrected chi connectivity index (χ4v) is 2.18. The van der Waals surface area contributed by atoms with Gasteiger partial charge in [0.25, 0.3) is 11.5 Å². The molecule has 2 aromatic rings. The number of hydrogen-bond acceptors (Lipinski definition) is 4. The first-order valence-electron chi connectivity index (χ1n) is 7.73. The smallest absolute Gasteiger partial charge is 0.251 e. The SMILES string of the molecule is CCCC(=O)Nc1cccc(C(=O)NCc2nc(C)cc(=O)[nH]2)c1. The Kier molecular flexibility index (Phi) is 5.83. The minimum atomic E-state index is -0.314. The summed E-state index contributed by atoms with van der Waals surface area (Å²) < 4.78 is 0. The molecule has 7 heteroatoms. The summed E-state index contributed by atoms with van der Waals surface area (Å²) in [5.41, 5.74) is 1.32. The molecule has 0 saturated carbocycles. The minimum absolute atomic E-state index is 0.0865. The van der Waals surface area contributed by atoms with Crippen molar-refractivity contribution in [3.05, 3.63) is 57.8 Å². The van der Waals surface area contributed by atoms with Gasteiger partial charge in [0.15, 0.2) is 0 Å². The second kappa shape index (κ2) is 8.05. The molecule has 3 N–H and O–H groups in total. The van der Waals surface area contributed by atoms with E-state index >= 15 is 0 Å². The predicted octanol–water partition coefficient (Wildman–Crippen LogP) is 1.75. The van der Waals surface area contributed by atoms with E-state index in [2.05, 4.69) is 20.6 Å². The van der Waals surface area contributed by atoms with Crippen molar-refractivity contribution in [1.82, 2.24) is 15.3 Å². The van der Waals surface area contributed by atoms with E-state index in [0.717, 1.165) is 6.42 Å². The number of nitrogens with one attached hydrogen (secondary N) is 3. The van der Waals surface area contributed by atoms with Gasteiger partial charge in [0, 0.05) is 29.4 Å². The molecule has 2 rings (SSSR count). The fraction of sp³-hybridized carbons (Fsp3) is 0.294. The fourth-order valence-electron chi connectivity index (χ4n) is 2.18. The van der Waals surface area contributed by atoms with Crippen molar-refractivity contribution < 1.29 is 9.59 Å². The second-order valence-electron chi connectivity index (χ2n) is 5.40. The van der Waals surface area contributed by atoms with Crippen molar-refractivity contribution in [2.75, 3.05) is 5.32 Å². The molecule has 126 valence electrons. The van der Waals surface area contributed by atoms with Gasteiger partial charge in [0.2, 0.25) is 5.91 Å². The number of aromatic amines is 1. The monoisotopic (exact) mass is 328 g/mol. The number of carbonyl (C=O) groups is 2. The maximum Gasteiger partial charge on any atom is 0.251 e. The van der Waals surface area contributed by atoms with E-state index in [4.69, 9.17) is 0 Å². The van der Waals surface area contributed by atoms with Crippen molar-refractivity contribution in [1.29, 1.82) is 0 Å². The Morgan fingerprint density at radius 3 is 2.75 bits per heavy atom. The van der Waals surface area contributed by atoms with E-state index in [9.17, 15) is 14.4 Å². The highest BCUT2D eigenvalue weighted by atomic mass is 16.2. The van der Waals surface area contributed by atoms with Crippen molar-refractivity contribution in [3.63, 3.8) is 0 Å². The first-order valence-corrected chi connectivity index (χ1v) is 7.73. The van der Waals surface area contributed by atoms with Gasteiger partial charge >= 0.3 is 0 Å². The van der Waals surface area contributed by atoms with Crippen LogP contribution < -0.4 is 16.2 Å². The molecule has 2 amide bonds. The number of benzene rings is 1. The van der Waals surface area contributed by atoms with Gasteiger partial charge in [-0.2, -0.15) is 0 Å². The molecule has 0 saturated heterocycles. The summed E-state index contributed by atoms with van der Waals surface area (Å²) in [6.07, 6.45) is 1.19. The first kappa shape index (κ1) is 17.4. The summed E-state index contributed by atoms with van der Waals surface area (Å²) in [7, 11) is 0. The van der Waals surface area contributed by atoms with Crippen molar-refractivity contribution in [2.45, 2.75) is 33.2 Å². The molecule has 0 atom stereocenters. The lowest BCUT2D eigenvalue weighted by atomic mass is 10.2. The van der Waals surface area contributed by atoms with Crippen LogP contribution in [0.5, 0.6) is 0 Å². The summed E-state index contributed by atoms with van der Waals surface area (Å²) in [5.74, 6) is -0.0110. The Hall–Kier alpha value is -2.96. The zero-order valence-electron chi connectivity index (χ0n) is 13.7. The number of hydrogen-bond donors (Lipinski definition) is 3. The number of carbonyl (C=O) groups excluding carboxylic acids is 2. The van der Waals surface area contributed by atoms with Gasteiger partial charge in [-0.05, 0) is 31.5 Å². The van der Waals surface area contributed by atoms with Crippen LogP contribution in [0.4, 0.5) is 5.69 Å². The summed E-state index contributed by atoms with van der Waals surface area (Å²) in [4.78, 5) is 41.9. The highest BCUT2D eigenvalue weighted by molar-refractivity contribution is 5.97. The zero-order chi connectivity index (χ0) is 17.5. The molecule has 7 nitrogen and oxygen atoms in total. The number of H-pyrrole nitrogens is 1. The lowest BCUT2D eigenvalue weighted by Crippen LogP contribution is -2.25. The van der Waals surface area contributed by atoms with Crippen LogP contribution in [-0.2, 0) is 11.3 Å². The third-order valence-electron chi connectivity index (χ3n) is 3.22. The number of anilines is 1. The molecular weight excluding hydrogens is 308 g/mol. The topological polar surface area (TPSA) is 104 Å². The zero-order valence-corrected chi connectivity index (χ0v) is 13.7. The molecule has 0 unspecified atom stereocenters. The average Bonchev–Trinajstić information content (AvgIpc) is 2.52. The van der Waals surface area contributed by atoms with E-state index < -0.39 is 0 Å². The standard InChI is InChI=1S/C17H20N4O3/c1-3-5-15(22)20-13-7-4-6-12(9-13)17(24)18-10-14-19-11(2)8-16(23)21-14/h4,6-9H,3,5,10H2,1-2H3,(H,18,24)(H,20,22)(H,19,21,23). The van der Waals surface area contributed by atoms with Crippen LogP contribution in [0.1, 0.15) is 41.6 Å². The highest BCUT2D eigenvalue weighted by Crippen LogP contribution is 2.11. The lowest BCUT2D eigenvalue weighted by molar-refractivity contribution is -0.116. The summed E-state index contributed by atoms with van der Waals surface area (Å²) in [6.45, 7) is 3.75. The van der Waals surface area contributed by atoms with Crippen LogP contribution in [0.2, 0.25) is 0 Å². The predicted molar refractivity (Wildman–Crippen MR) is 90.7 cm³/mol. The molecule has 24 heavy (non-hydrogen) atoms. The Bertz CT molecular complexity index is 798. The van der Waals surface area contributed by atoms with Crippen molar-refractivity contribution in [2.24, 2.45) is 0 Å². The molecular formula is C17H20N4O3. The lowest BCUT2D eigenvalue weighted by Gasteiger charge is -2.08. The van der Waals surface area contributed by atoms with Gasteiger partial charge in [-0.1, -0.05) is 13.0 Å². The molecule has 0 aliphatic heterocycles. The normalized spacial score (nSPS) is 10.2. The van der Waals surface area contributed by atoms with E-state index in [1.807, 2.05) is 6.92 Å². The van der Waals surface area contributed by atoms with E-state index in [1.54, 1.807) is 31.2 Å². The van der Waals surface area contributed by atoms with Gasteiger partial charge in [0.05, 0.1) is 6.54 Å². The quantitative estimate of drug-likeness (QED) is 0.751. The highest BCUT2D eigenvalue weighted by Gasteiger charge is 2.08. The van der Waals surface area contributed by atoms with Gasteiger partial charge in [-0.15, -0.1) is 0 Å². The minimum Gasteiger partial charge on any atom is -0.345 e. The maximum absolute atomic E-state index is 12.2. The van der Waals surface area contributed by atoms with E-state index in [0.29, 0.717) is 29.2 Å². The Labute approximate surface area is 139 Å². The first-order chi connectivity index (χ1) is 11.5. The molecule has 0 bridgehead atoms. The molecule has 1 aromatic heterocycles. The summed E-state index contributed by atoms with van der Waals surface area (Å²) >= 11 is 0. The number of aryl methyl sites for hydroxylation is 1. The van der Waals surface area contributed by atoms with Crippen LogP contribution in [0.3, 0.4) is 0 Å². The summed E-state index contributed by atoms with van der Waals surface area (Å²) in [6, 6.07) is 8.06. The van der Waals surface area contributed by atoms with Crippen LogP contribution >= 0.6 is 0 Å². The van der Waals surface area contributed by atoms with Gasteiger partial charge in [-0.25, -0.2) is 4.98 Å².